The summed E-state index contributed by atoms with van der Waals surface area (Å²) >= 11 is 3.38. The van der Waals surface area contributed by atoms with Crippen molar-refractivity contribution in [3.05, 3.63) is 34.6 Å². The maximum atomic E-state index is 12.3. The normalized spacial score (nSPS) is 10.8. The van der Waals surface area contributed by atoms with Gasteiger partial charge in [0.2, 0.25) is 0 Å². The van der Waals surface area contributed by atoms with Crippen molar-refractivity contribution < 1.29 is 4.79 Å². The van der Waals surface area contributed by atoms with Gasteiger partial charge in [-0.3, -0.25) is 4.79 Å². The molecule has 0 unspecified atom stereocenters. The van der Waals surface area contributed by atoms with Crippen molar-refractivity contribution in [3.63, 3.8) is 0 Å². The van der Waals surface area contributed by atoms with Gasteiger partial charge in [0, 0.05) is 11.0 Å². The average Bonchev–Trinajstić information content (AvgIpc) is 2.91. The van der Waals surface area contributed by atoms with E-state index in [1.807, 2.05) is 6.07 Å². The van der Waals surface area contributed by atoms with Gasteiger partial charge in [0.1, 0.15) is 6.33 Å². The Morgan fingerprint density at radius 1 is 1.45 bits per heavy atom. The Balaban J connectivity index is 2.21. The minimum absolute atomic E-state index is 0.127. The van der Waals surface area contributed by atoms with Crippen molar-refractivity contribution in [3.8, 4) is 5.69 Å². The summed E-state index contributed by atoms with van der Waals surface area (Å²) in [5.74, 6) is 0.425. The Morgan fingerprint density at radius 2 is 2.25 bits per heavy atom. The summed E-state index contributed by atoms with van der Waals surface area (Å²) in [6.07, 6.45) is 2.41. The first-order valence-electron chi connectivity index (χ1n) is 6.39. The van der Waals surface area contributed by atoms with Gasteiger partial charge in [0.25, 0.3) is 5.91 Å². The number of amides is 1. The van der Waals surface area contributed by atoms with Gasteiger partial charge >= 0.3 is 0 Å². The molecule has 1 amide bonds. The molecular formula is C13H16BrN5O. The topological polar surface area (TPSA) is 72.7 Å². The number of carbonyl (C=O) groups is 1. The molecule has 0 fully saturated rings. The van der Waals surface area contributed by atoms with Gasteiger partial charge < -0.3 is 5.32 Å². The van der Waals surface area contributed by atoms with Crippen LogP contribution in [-0.2, 0) is 0 Å². The Kier molecular flexibility index (Phi) is 4.84. The number of tetrazole rings is 1. The van der Waals surface area contributed by atoms with E-state index in [2.05, 4.69) is 50.6 Å². The SMILES string of the molecule is CC(C)CCNC(=O)c1cc(Br)ccc1-n1cnnn1. The van der Waals surface area contributed by atoms with E-state index in [1.165, 1.54) is 11.0 Å². The minimum atomic E-state index is -0.127. The smallest absolute Gasteiger partial charge is 0.253 e. The number of nitrogens with zero attached hydrogens (tertiary/aromatic N) is 4. The zero-order chi connectivity index (χ0) is 14.5. The molecule has 0 aliphatic heterocycles. The highest BCUT2D eigenvalue weighted by molar-refractivity contribution is 9.10. The molecule has 1 N–H and O–H groups in total. The standard InChI is InChI=1S/C13H16BrN5O/c1-9(2)5-6-15-13(20)11-7-10(14)3-4-12(11)19-8-16-17-18-19/h3-4,7-9H,5-6H2,1-2H3,(H,15,20). The number of rotatable bonds is 5. The van der Waals surface area contributed by atoms with E-state index in [1.54, 1.807) is 12.1 Å². The van der Waals surface area contributed by atoms with Crippen molar-refractivity contribution in [1.29, 1.82) is 0 Å². The summed E-state index contributed by atoms with van der Waals surface area (Å²) in [5.41, 5.74) is 1.19. The molecule has 2 aromatic rings. The van der Waals surface area contributed by atoms with Crippen molar-refractivity contribution in [1.82, 2.24) is 25.5 Å². The zero-order valence-electron chi connectivity index (χ0n) is 11.4. The van der Waals surface area contributed by atoms with Crippen LogP contribution in [0.4, 0.5) is 0 Å². The van der Waals surface area contributed by atoms with Crippen molar-refractivity contribution in [2.75, 3.05) is 6.54 Å². The number of hydrogen-bond donors (Lipinski definition) is 1. The second kappa shape index (κ2) is 6.60. The fraction of sp³-hybridized carbons (Fsp3) is 0.385. The number of carbonyl (C=O) groups excluding carboxylic acids is 1. The Labute approximate surface area is 125 Å². The van der Waals surface area contributed by atoms with Crippen LogP contribution < -0.4 is 5.32 Å². The summed E-state index contributed by atoms with van der Waals surface area (Å²) in [6.45, 7) is 4.90. The second-order valence-corrected chi connectivity index (χ2v) is 5.77. The third kappa shape index (κ3) is 3.63. The number of hydrogen-bond acceptors (Lipinski definition) is 4. The summed E-state index contributed by atoms with van der Waals surface area (Å²) in [6, 6.07) is 5.42. The van der Waals surface area contributed by atoms with E-state index in [4.69, 9.17) is 0 Å². The number of halogens is 1. The zero-order valence-corrected chi connectivity index (χ0v) is 13.0. The van der Waals surface area contributed by atoms with Gasteiger partial charge in [0.15, 0.2) is 0 Å². The number of benzene rings is 1. The second-order valence-electron chi connectivity index (χ2n) is 4.85. The van der Waals surface area contributed by atoms with E-state index in [-0.39, 0.29) is 5.91 Å². The molecule has 1 aromatic carbocycles. The lowest BCUT2D eigenvalue weighted by Gasteiger charge is -2.11. The molecule has 0 aliphatic rings. The Morgan fingerprint density at radius 3 is 2.90 bits per heavy atom. The molecule has 0 atom stereocenters. The van der Waals surface area contributed by atoms with Crippen LogP contribution in [0.25, 0.3) is 5.69 Å². The first-order chi connectivity index (χ1) is 9.58. The van der Waals surface area contributed by atoms with Crippen molar-refractivity contribution in [2.45, 2.75) is 20.3 Å². The molecule has 0 aliphatic carbocycles. The van der Waals surface area contributed by atoms with E-state index in [0.717, 1.165) is 10.9 Å². The summed E-state index contributed by atoms with van der Waals surface area (Å²) in [4.78, 5) is 12.3. The molecule has 0 bridgehead atoms. The molecular weight excluding hydrogens is 322 g/mol. The van der Waals surface area contributed by atoms with Gasteiger partial charge in [-0.2, -0.15) is 4.68 Å². The Bertz CT molecular complexity index is 582. The largest absolute Gasteiger partial charge is 0.352 e. The first kappa shape index (κ1) is 14.6. The highest BCUT2D eigenvalue weighted by Crippen LogP contribution is 2.19. The third-order valence-electron chi connectivity index (χ3n) is 2.81. The van der Waals surface area contributed by atoms with Crippen molar-refractivity contribution in [2.24, 2.45) is 5.92 Å². The summed E-state index contributed by atoms with van der Waals surface area (Å²) < 4.78 is 2.31. The molecule has 20 heavy (non-hydrogen) atoms. The van der Waals surface area contributed by atoms with Crippen LogP contribution in [-0.4, -0.2) is 32.7 Å². The van der Waals surface area contributed by atoms with E-state index < -0.39 is 0 Å². The first-order valence-corrected chi connectivity index (χ1v) is 7.18. The predicted octanol–water partition coefficient (Wildman–Crippen LogP) is 2.20. The van der Waals surface area contributed by atoms with Crippen LogP contribution in [0, 0.1) is 5.92 Å². The lowest BCUT2D eigenvalue weighted by molar-refractivity contribution is 0.0952. The van der Waals surface area contributed by atoms with Gasteiger partial charge in [0.05, 0.1) is 11.3 Å². The molecule has 6 nitrogen and oxygen atoms in total. The molecule has 1 aromatic heterocycles. The van der Waals surface area contributed by atoms with Gasteiger partial charge in [-0.05, 0) is 41.0 Å². The molecule has 0 spiro atoms. The predicted molar refractivity (Wildman–Crippen MR) is 78.6 cm³/mol. The van der Waals surface area contributed by atoms with Gasteiger partial charge in [-0.25, -0.2) is 0 Å². The highest BCUT2D eigenvalue weighted by Gasteiger charge is 2.14. The minimum Gasteiger partial charge on any atom is -0.352 e. The van der Waals surface area contributed by atoms with Gasteiger partial charge in [-0.1, -0.05) is 29.8 Å². The molecule has 7 heteroatoms. The molecule has 0 saturated heterocycles. The fourth-order valence-corrected chi connectivity index (χ4v) is 2.09. The quantitative estimate of drug-likeness (QED) is 0.907. The number of aromatic nitrogens is 4. The lowest BCUT2D eigenvalue weighted by atomic mass is 10.1. The molecule has 0 radical (unpaired) electrons. The maximum absolute atomic E-state index is 12.3. The van der Waals surface area contributed by atoms with Crippen LogP contribution >= 0.6 is 15.9 Å². The highest BCUT2D eigenvalue weighted by atomic mass is 79.9. The van der Waals surface area contributed by atoms with Crippen LogP contribution in [0.1, 0.15) is 30.6 Å². The van der Waals surface area contributed by atoms with Crippen molar-refractivity contribution >= 4 is 21.8 Å². The maximum Gasteiger partial charge on any atom is 0.253 e. The molecule has 2 rings (SSSR count). The fourth-order valence-electron chi connectivity index (χ4n) is 1.73. The van der Waals surface area contributed by atoms with Gasteiger partial charge in [-0.15, -0.1) is 5.10 Å². The van der Waals surface area contributed by atoms with Crippen LogP contribution in [0.3, 0.4) is 0 Å². The number of nitrogens with one attached hydrogen (secondary N) is 1. The van der Waals surface area contributed by atoms with E-state index in [0.29, 0.717) is 23.7 Å². The monoisotopic (exact) mass is 337 g/mol. The summed E-state index contributed by atoms with van der Waals surface area (Å²) in [7, 11) is 0. The third-order valence-corrected chi connectivity index (χ3v) is 3.30. The van der Waals surface area contributed by atoms with E-state index >= 15 is 0 Å². The van der Waals surface area contributed by atoms with Crippen LogP contribution in [0.15, 0.2) is 29.0 Å². The van der Waals surface area contributed by atoms with Crippen LogP contribution in [0.2, 0.25) is 0 Å². The molecule has 1 heterocycles. The molecule has 106 valence electrons. The lowest BCUT2D eigenvalue weighted by Crippen LogP contribution is -2.26. The summed E-state index contributed by atoms with van der Waals surface area (Å²) in [5, 5.41) is 13.9. The molecule has 0 saturated carbocycles. The van der Waals surface area contributed by atoms with Crippen LogP contribution in [0.5, 0.6) is 0 Å². The van der Waals surface area contributed by atoms with E-state index in [9.17, 15) is 4.79 Å². The average molecular weight is 338 g/mol. The Hall–Kier alpha value is -1.76.